The predicted molar refractivity (Wildman–Crippen MR) is 76.4 cm³/mol. The van der Waals surface area contributed by atoms with Gasteiger partial charge in [-0.2, -0.15) is 0 Å². The molecular weight excluding hydrogens is 305 g/mol. The largest absolute Gasteiger partial charge is 0.493 e. The molecule has 0 bridgehead atoms. The Kier molecular flexibility index (Phi) is 6.61. The van der Waals surface area contributed by atoms with Crippen molar-refractivity contribution in [3.8, 4) is 5.75 Å². The minimum atomic E-state index is -0.954. The van der Waals surface area contributed by atoms with Gasteiger partial charge in [0, 0.05) is 12.1 Å². The Bertz CT molecular complexity index is 493. The van der Waals surface area contributed by atoms with Gasteiger partial charge in [-0.1, -0.05) is 23.2 Å². The number of halogens is 2. The molecule has 0 saturated carbocycles. The molecule has 0 spiro atoms. The fourth-order valence-electron chi connectivity index (χ4n) is 1.49. The Hall–Kier alpha value is -1.46. The van der Waals surface area contributed by atoms with E-state index in [2.05, 4.69) is 5.32 Å². The number of hydrogen-bond acceptors (Lipinski definition) is 3. The molecule has 0 aliphatic carbocycles. The average molecular weight is 320 g/mol. The van der Waals surface area contributed by atoms with Gasteiger partial charge in [0.25, 0.3) is 0 Å². The molecule has 1 aromatic carbocycles. The number of rotatable bonds is 7. The molecule has 0 aliphatic rings. The molecule has 1 atom stereocenters. The van der Waals surface area contributed by atoms with Crippen LogP contribution in [0.25, 0.3) is 0 Å². The second kappa shape index (κ2) is 7.97. The number of nitrogens with one attached hydrogen (secondary N) is 1. The molecule has 2 N–H and O–H groups in total. The Balaban J connectivity index is 2.31. The summed E-state index contributed by atoms with van der Waals surface area (Å²) >= 11 is 11.6. The Morgan fingerprint density at radius 3 is 2.65 bits per heavy atom. The Labute approximate surface area is 126 Å². The van der Waals surface area contributed by atoms with Crippen LogP contribution < -0.4 is 10.1 Å². The first-order chi connectivity index (χ1) is 9.38. The van der Waals surface area contributed by atoms with Crippen molar-refractivity contribution in [2.75, 3.05) is 6.61 Å². The first kappa shape index (κ1) is 16.6. The number of carbonyl (C=O) groups is 2. The van der Waals surface area contributed by atoms with Crippen LogP contribution in [0.1, 0.15) is 19.8 Å². The van der Waals surface area contributed by atoms with Crippen LogP contribution in [-0.4, -0.2) is 29.6 Å². The summed E-state index contributed by atoms with van der Waals surface area (Å²) in [6.45, 7) is 1.80. The van der Waals surface area contributed by atoms with Crippen molar-refractivity contribution in [2.45, 2.75) is 25.8 Å². The van der Waals surface area contributed by atoms with Crippen molar-refractivity contribution in [3.05, 3.63) is 28.2 Å². The minimum Gasteiger partial charge on any atom is -0.493 e. The molecule has 0 fully saturated rings. The molecule has 0 aliphatic heterocycles. The summed E-state index contributed by atoms with van der Waals surface area (Å²) in [6, 6.07) is 4.41. The van der Waals surface area contributed by atoms with Crippen molar-refractivity contribution in [2.24, 2.45) is 0 Å². The standard InChI is InChI=1S/C13H15Cl2NO4/c1-8(6-13(18)19)16-12(17)4-5-20-9-2-3-10(14)11(15)7-9/h2-3,7-8H,4-6H2,1H3,(H,16,17)(H,18,19). The fraction of sp³-hybridized carbons (Fsp3) is 0.385. The second-order valence-electron chi connectivity index (χ2n) is 4.24. The number of ether oxygens (including phenoxy) is 1. The zero-order valence-corrected chi connectivity index (χ0v) is 12.4. The number of carboxylic acids is 1. The lowest BCUT2D eigenvalue weighted by Gasteiger charge is -2.12. The average Bonchev–Trinajstić information content (AvgIpc) is 2.32. The molecule has 1 rings (SSSR count). The van der Waals surface area contributed by atoms with Crippen LogP contribution in [-0.2, 0) is 9.59 Å². The first-order valence-electron chi connectivity index (χ1n) is 5.97. The zero-order chi connectivity index (χ0) is 15.1. The van der Waals surface area contributed by atoms with E-state index in [1.807, 2.05) is 0 Å². The van der Waals surface area contributed by atoms with Crippen molar-refractivity contribution in [1.82, 2.24) is 5.32 Å². The normalized spacial score (nSPS) is 11.8. The lowest BCUT2D eigenvalue weighted by atomic mass is 10.2. The topological polar surface area (TPSA) is 75.6 Å². The van der Waals surface area contributed by atoms with Gasteiger partial charge in [-0.3, -0.25) is 9.59 Å². The highest BCUT2D eigenvalue weighted by molar-refractivity contribution is 6.42. The Morgan fingerprint density at radius 1 is 1.35 bits per heavy atom. The molecule has 0 radical (unpaired) electrons. The Morgan fingerprint density at radius 2 is 2.05 bits per heavy atom. The van der Waals surface area contributed by atoms with Gasteiger partial charge in [0.2, 0.25) is 5.91 Å². The fourth-order valence-corrected chi connectivity index (χ4v) is 1.78. The number of carbonyl (C=O) groups excluding carboxylic acids is 1. The van der Waals surface area contributed by atoms with E-state index in [1.54, 1.807) is 25.1 Å². The van der Waals surface area contributed by atoms with Crippen molar-refractivity contribution in [1.29, 1.82) is 0 Å². The van der Waals surface area contributed by atoms with Crippen LogP contribution in [0.5, 0.6) is 5.75 Å². The maximum absolute atomic E-state index is 11.5. The second-order valence-corrected chi connectivity index (χ2v) is 5.06. The van der Waals surface area contributed by atoms with Crippen molar-refractivity contribution < 1.29 is 19.4 Å². The van der Waals surface area contributed by atoms with Crippen LogP contribution in [0.15, 0.2) is 18.2 Å². The number of amides is 1. The molecule has 110 valence electrons. The quantitative estimate of drug-likeness (QED) is 0.810. The van der Waals surface area contributed by atoms with E-state index < -0.39 is 12.0 Å². The molecule has 0 heterocycles. The van der Waals surface area contributed by atoms with E-state index in [9.17, 15) is 9.59 Å². The summed E-state index contributed by atoms with van der Waals surface area (Å²) in [7, 11) is 0. The highest BCUT2D eigenvalue weighted by Crippen LogP contribution is 2.26. The molecule has 5 nitrogen and oxygen atoms in total. The summed E-state index contributed by atoms with van der Waals surface area (Å²) in [5.41, 5.74) is 0. The first-order valence-corrected chi connectivity index (χ1v) is 6.73. The number of aliphatic carboxylic acids is 1. The monoisotopic (exact) mass is 319 g/mol. The van der Waals surface area contributed by atoms with E-state index in [0.29, 0.717) is 15.8 Å². The molecule has 0 saturated heterocycles. The van der Waals surface area contributed by atoms with Gasteiger partial charge in [-0.25, -0.2) is 0 Å². The summed E-state index contributed by atoms with van der Waals surface area (Å²) in [4.78, 5) is 22.0. The third kappa shape index (κ3) is 6.12. The van der Waals surface area contributed by atoms with Crippen molar-refractivity contribution >= 4 is 35.1 Å². The van der Waals surface area contributed by atoms with Gasteiger partial charge in [0.15, 0.2) is 0 Å². The molecule has 1 amide bonds. The number of benzene rings is 1. The lowest BCUT2D eigenvalue weighted by Crippen LogP contribution is -2.34. The van der Waals surface area contributed by atoms with Gasteiger partial charge in [-0.05, 0) is 19.1 Å². The molecule has 1 aromatic rings. The predicted octanol–water partition coefficient (Wildman–Crippen LogP) is 2.74. The van der Waals surface area contributed by atoms with Gasteiger partial charge in [0.05, 0.1) is 29.5 Å². The van der Waals surface area contributed by atoms with Gasteiger partial charge in [0.1, 0.15) is 5.75 Å². The van der Waals surface area contributed by atoms with E-state index in [4.69, 9.17) is 33.0 Å². The third-order valence-electron chi connectivity index (χ3n) is 2.38. The van der Waals surface area contributed by atoms with E-state index in [1.165, 1.54) is 0 Å². The maximum atomic E-state index is 11.5. The molecular formula is C13H15Cl2NO4. The molecule has 7 heteroatoms. The van der Waals surface area contributed by atoms with E-state index in [0.717, 1.165) is 0 Å². The highest BCUT2D eigenvalue weighted by Gasteiger charge is 2.11. The van der Waals surface area contributed by atoms with Crippen LogP contribution in [0.4, 0.5) is 0 Å². The molecule has 1 unspecified atom stereocenters. The molecule has 20 heavy (non-hydrogen) atoms. The SMILES string of the molecule is CC(CC(=O)O)NC(=O)CCOc1ccc(Cl)c(Cl)c1. The van der Waals surface area contributed by atoms with Gasteiger partial charge in [-0.15, -0.1) is 0 Å². The number of carboxylic acid groups (broad SMARTS) is 1. The molecule has 0 aromatic heterocycles. The summed E-state index contributed by atoms with van der Waals surface area (Å²) in [5, 5.41) is 11.9. The summed E-state index contributed by atoms with van der Waals surface area (Å²) in [6.07, 6.45) is 0.0175. The minimum absolute atomic E-state index is 0.112. The maximum Gasteiger partial charge on any atom is 0.305 e. The zero-order valence-electron chi connectivity index (χ0n) is 10.9. The van der Waals surface area contributed by atoms with E-state index >= 15 is 0 Å². The van der Waals surface area contributed by atoms with Crippen LogP contribution in [0.3, 0.4) is 0 Å². The highest BCUT2D eigenvalue weighted by atomic mass is 35.5. The lowest BCUT2D eigenvalue weighted by molar-refractivity contribution is -0.137. The van der Waals surface area contributed by atoms with E-state index in [-0.39, 0.29) is 25.4 Å². The van der Waals surface area contributed by atoms with Gasteiger partial charge < -0.3 is 15.2 Å². The van der Waals surface area contributed by atoms with Crippen LogP contribution in [0, 0.1) is 0 Å². The van der Waals surface area contributed by atoms with Crippen LogP contribution >= 0.6 is 23.2 Å². The summed E-state index contributed by atoms with van der Waals surface area (Å²) < 4.78 is 5.35. The number of hydrogen-bond donors (Lipinski definition) is 2. The summed E-state index contributed by atoms with van der Waals surface area (Å²) in [5.74, 6) is -0.700. The van der Waals surface area contributed by atoms with Gasteiger partial charge >= 0.3 is 5.97 Å². The third-order valence-corrected chi connectivity index (χ3v) is 3.12. The van der Waals surface area contributed by atoms with Crippen molar-refractivity contribution in [3.63, 3.8) is 0 Å². The smallest absolute Gasteiger partial charge is 0.305 e. The van der Waals surface area contributed by atoms with Crippen LogP contribution in [0.2, 0.25) is 10.0 Å².